The first-order chi connectivity index (χ1) is 8.36. The van der Waals surface area contributed by atoms with Gasteiger partial charge in [0.1, 0.15) is 0 Å². The fourth-order valence-corrected chi connectivity index (χ4v) is 3.10. The van der Waals surface area contributed by atoms with Crippen LogP contribution in [0.4, 0.5) is 0 Å². The van der Waals surface area contributed by atoms with Crippen LogP contribution in [0.3, 0.4) is 0 Å². The molecule has 0 bridgehead atoms. The van der Waals surface area contributed by atoms with Crippen LogP contribution in [0.1, 0.15) is 39.0 Å². The number of nitrogens with one attached hydrogen (secondary N) is 1. The van der Waals surface area contributed by atoms with Crippen LogP contribution in [-0.2, 0) is 0 Å². The van der Waals surface area contributed by atoms with E-state index in [2.05, 4.69) is 22.0 Å². The highest BCUT2D eigenvalue weighted by molar-refractivity contribution is 4.74. The lowest BCUT2D eigenvalue weighted by molar-refractivity contribution is 0.163. The minimum atomic E-state index is 0.780. The van der Waals surface area contributed by atoms with E-state index in [0.29, 0.717) is 0 Å². The van der Waals surface area contributed by atoms with Gasteiger partial charge in [0.2, 0.25) is 0 Å². The van der Waals surface area contributed by atoms with Crippen molar-refractivity contribution < 1.29 is 0 Å². The Morgan fingerprint density at radius 2 is 1.71 bits per heavy atom. The first-order valence-corrected chi connectivity index (χ1v) is 7.53. The Balaban J connectivity index is 1.57. The van der Waals surface area contributed by atoms with E-state index in [1.165, 1.54) is 77.9 Å². The van der Waals surface area contributed by atoms with E-state index >= 15 is 0 Å². The molecule has 2 aliphatic rings. The summed E-state index contributed by atoms with van der Waals surface area (Å²) in [7, 11) is 0. The van der Waals surface area contributed by atoms with Crippen molar-refractivity contribution in [2.24, 2.45) is 0 Å². The summed E-state index contributed by atoms with van der Waals surface area (Å²) >= 11 is 0. The number of nitrogens with zero attached hydrogens (tertiary/aromatic N) is 2. The van der Waals surface area contributed by atoms with Crippen molar-refractivity contribution in [3.05, 3.63) is 0 Å². The quantitative estimate of drug-likeness (QED) is 0.785. The molecule has 3 nitrogen and oxygen atoms in total. The van der Waals surface area contributed by atoms with Crippen LogP contribution in [0.5, 0.6) is 0 Å². The number of rotatable bonds is 5. The molecule has 2 fully saturated rings. The van der Waals surface area contributed by atoms with Gasteiger partial charge in [-0.05, 0) is 52.2 Å². The molecular weight excluding hydrogens is 210 g/mol. The lowest BCUT2D eigenvalue weighted by atomic mass is 10.1. The lowest BCUT2D eigenvalue weighted by Gasteiger charge is -2.33. The Labute approximate surface area is 107 Å². The van der Waals surface area contributed by atoms with Gasteiger partial charge in [-0.15, -0.1) is 0 Å². The third-order valence-electron chi connectivity index (χ3n) is 4.32. The largest absolute Gasteiger partial charge is 0.314 e. The molecule has 0 aromatic carbocycles. The van der Waals surface area contributed by atoms with Crippen molar-refractivity contribution in [2.45, 2.75) is 45.1 Å². The minimum absolute atomic E-state index is 0.780. The standard InChI is InChI=1S/C14H29N3/c1-14(17-12-7-15-8-13-17)6-5-11-16-9-3-2-4-10-16/h14-15H,2-13H2,1H3. The molecule has 0 saturated carbocycles. The summed E-state index contributed by atoms with van der Waals surface area (Å²) in [6, 6.07) is 0.780. The van der Waals surface area contributed by atoms with E-state index < -0.39 is 0 Å². The van der Waals surface area contributed by atoms with Crippen molar-refractivity contribution in [2.75, 3.05) is 45.8 Å². The Morgan fingerprint density at radius 3 is 2.41 bits per heavy atom. The van der Waals surface area contributed by atoms with E-state index in [-0.39, 0.29) is 0 Å². The van der Waals surface area contributed by atoms with Crippen LogP contribution in [0, 0.1) is 0 Å². The zero-order valence-electron chi connectivity index (χ0n) is 11.5. The van der Waals surface area contributed by atoms with Crippen LogP contribution >= 0.6 is 0 Å². The molecule has 2 saturated heterocycles. The number of likely N-dealkylation sites (tertiary alicyclic amines) is 1. The molecule has 2 rings (SSSR count). The SMILES string of the molecule is CC(CCCN1CCCCC1)N1CCNCC1. The normalized spacial score (nSPS) is 25.9. The maximum absolute atomic E-state index is 3.43. The zero-order valence-corrected chi connectivity index (χ0v) is 11.5. The fourth-order valence-electron chi connectivity index (χ4n) is 3.10. The molecule has 0 aliphatic carbocycles. The highest BCUT2D eigenvalue weighted by Gasteiger charge is 2.16. The monoisotopic (exact) mass is 239 g/mol. The maximum atomic E-state index is 3.43. The molecule has 0 aromatic rings. The molecule has 0 amide bonds. The smallest absolute Gasteiger partial charge is 0.0110 e. The fraction of sp³-hybridized carbons (Fsp3) is 1.00. The summed E-state index contributed by atoms with van der Waals surface area (Å²) in [6.07, 6.45) is 7.05. The number of piperazine rings is 1. The minimum Gasteiger partial charge on any atom is -0.314 e. The lowest BCUT2D eigenvalue weighted by Crippen LogP contribution is -2.47. The van der Waals surface area contributed by atoms with Crippen molar-refractivity contribution in [1.29, 1.82) is 0 Å². The van der Waals surface area contributed by atoms with Gasteiger partial charge < -0.3 is 10.2 Å². The molecule has 2 heterocycles. The van der Waals surface area contributed by atoms with Crippen molar-refractivity contribution >= 4 is 0 Å². The van der Waals surface area contributed by atoms with E-state index in [9.17, 15) is 0 Å². The summed E-state index contributed by atoms with van der Waals surface area (Å²) in [6.45, 7) is 11.3. The number of piperidine rings is 1. The molecule has 3 heteroatoms. The molecule has 0 aromatic heterocycles. The third-order valence-corrected chi connectivity index (χ3v) is 4.32. The summed E-state index contributed by atoms with van der Waals surface area (Å²) in [4.78, 5) is 5.31. The molecule has 1 N–H and O–H groups in total. The maximum Gasteiger partial charge on any atom is 0.0110 e. The predicted molar refractivity (Wildman–Crippen MR) is 73.4 cm³/mol. The van der Waals surface area contributed by atoms with Crippen LogP contribution < -0.4 is 5.32 Å². The zero-order chi connectivity index (χ0) is 11.9. The molecule has 0 radical (unpaired) electrons. The van der Waals surface area contributed by atoms with Gasteiger partial charge in [0.15, 0.2) is 0 Å². The molecule has 100 valence electrons. The predicted octanol–water partition coefficient (Wildman–Crippen LogP) is 1.55. The molecule has 2 aliphatic heterocycles. The Bertz CT molecular complexity index is 196. The Hall–Kier alpha value is -0.120. The first-order valence-electron chi connectivity index (χ1n) is 7.53. The van der Waals surface area contributed by atoms with Gasteiger partial charge in [0.05, 0.1) is 0 Å². The second kappa shape index (κ2) is 7.34. The molecule has 1 atom stereocenters. The van der Waals surface area contributed by atoms with Gasteiger partial charge in [-0.25, -0.2) is 0 Å². The van der Waals surface area contributed by atoms with Crippen LogP contribution in [-0.4, -0.2) is 61.7 Å². The number of hydrogen-bond acceptors (Lipinski definition) is 3. The van der Waals surface area contributed by atoms with Gasteiger partial charge in [0, 0.05) is 32.2 Å². The van der Waals surface area contributed by atoms with E-state index in [1.54, 1.807) is 0 Å². The highest BCUT2D eigenvalue weighted by atomic mass is 15.2. The van der Waals surface area contributed by atoms with Crippen molar-refractivity contribution in [3.63, 3.8) is 0 Å². The molecule has 1 unspecified atom stereocenters. The molecule has 0 spiro atoms. The number of hydrogen-bond donors (Lipinski definition) is 1. The average Bonchev–Trinajstić information content (AvgIpc) is 2.41. The highest BCUT2D eigenvalue weighted by Crippen LogP contribution is 2.12. The van der Waals surface area contributed by atoms with E-state index in [4.69, 9.17) is 0 Å². The van der Waals surface area contributed by atoms with Crippen LogP contribution in [0.2, 0.25) is 0 Å². The van der Waals surface area contributed by atoms with Gasteiger partial charge in [-0.1, -0.05) is 6.42 Å². The summed E-state index contributed by atoms with van der Waals surface area (Å²) in [5, 5.41) is 3.43. The van der Waals surface area contributed by atoms with Gasteiger partial charge in [-0.3, -0.25) is 4.90 Å². The summed E-state index contributed by atoms with van der Waals surface area (Å²) in [5.41, 5.74) is 0. The average molecular weight is 239 g/mol. The summed E-state index contributed by atoms with van der Waals surface area (Å²) in [5.74, 6) is 0. The molecular formula is C14H29N3. The Kier molecular flexibility index (Phi) is 5.75. The third kappa shape index (κ3) is 4.57. The second-order valence-corrected chi connectivity index (χ2v) is 5.68. The van der Waals surface area contributed by atoms with Crippen molar-refractivity contribution in [3.8, 4) is 0 Å². The van der Waals surface area contributed by atoms with Gasteiger partial charge >= 0.3 is 0 Å². The first kappa shape index (κ1) is 13.3. The van der Waals surface area contributed by atoms with Crippen LogP contribution in [0.25, 0.3) is 0 Å². The topological polar surface area (TPSA) is 18.5 Å². The van der Waals surface area contributed by atoms with Gasteiger partial charge in [-0.2, -0.15) is 0 Å². The summed E-state index contributed by atoms with van der Waals surface area (Å²) < 4.78 is 0. The van der Waals surface area contributed by atoms with E-state index in [1.807, 2.05) is 0 Å². The van der Waals surface area contributed by atoms with Crippen LogP contribution in [0.15, 0.2) is 0 Å². The van der Waals surface area contributed by atoms with E-state index in [0.717, 1.165) is 6.04 Å². The van der Waals surface area contributed by atoms with Crippen molar-refractivity contribution in [1.82, 2.24) is 15.1 Å². The van der Waals surface area contributed by atoms with Gasteiger partial charge in [0.25, 0.3) is 0 Å². The second-order valence-electron chi connectivity index (χ2n) is 5.68. The molecule has 17 heavy (non-hydrogen) atoms. The Morgan fingerprint density at radius 1 is 1.00 bits per heavy atom.